The summed E-state index contributed by atoms with van der Waals surface area (Å²) in [6.07, 6.45) is 4.94. The van der Waals surface area contributed by atoms with E-state index in [9.17, 15) is 9.90 Å². The van der Waals surface area contributed by atoms with E-state index in [0.717, 1.165) is 25.7 Å². The Labute approximate surface area is 119 Å². The van der Waals surface area contributed by atoms with E-state index in [-0.39, 0.29) is 24.6 Å². The Kier molecular flexibility index (Phi) is 4.59. The Bertz CT molecular complexity index is 423. The Morgan fingerprint density at radius 1 is 1.25 bits per heavy atom. The van der Waals surface area contributed by atoms with Gasteiger partial charge in [-0.3, -0.25) is 4.79 Å². The second-order valence-electron chi connectivity index (χ2n) is 5.67. The fourth-order valence-electron chi connectivity index (χ4n) is 3.21. The molecular formula is C14H20N4O2. The fourth-order valence-corrected chi connectivity index (χ4v) is 3.21. The van der Waals surface area contributed by atoms with E-state index in [2.05, 4.69) is 17.5 Å². The van der Waals surface area contributed by atoms with Crippen molar-refractivity contribution in [2.45, 2.75) is 56.1 Å². The Balaban J connectivity index is 1.97. The summed E-state index contributed by atoms with van der Waals surface area (Å²) >= 11 is 0. The number of hydrogen-bond donors (Lipinski definition) is 2. The van der Waals surface area contributed by atoms with Crippen molar-refractivity contribution in [2.24, 2.45) is 0 Å². The van der Waals surface area contributed by atoms with Gasteiger partial charge in [-0.15, -0.1) is 0 Å². The predicted octanol–water partition coefficient (Wildman–Crippen LogP) is 0.288. The molecule has 1 heterocycles. The molecule has 1 aliphatic heterocycles. The highest BCUT2D eigenvalue weighted by atomic mass is 16.3. The predicted molar refractivity (Wildman–Crippen MR) is 71.2 cm³/mol. The van der Waals surface area contributed by atoms with Crippen LogP contribution in [-0.2, 0) is 4.79 Å². The Hall–Kier alpha value is -1.63. The van der Waals surface area contributed by atoms with Crippen LogP contribution in [0, 0.1) is 22.7 Å². The molecule has 2 atom stereocenters. The first-order chi connectivity index (χ1) is 9.65. The van der Waals surface area contributed by atoms with Crippen molar-refractivity contribution in [1.82, 2.24) is 10.2 Å². The van der Waals surface area contributed by atoms with Gasteiger partial charge in [0.05, 0.1) is 25.3 Å². The van der Waals surface area contributed by atoms with E-state index in [1.807, 2.05) is 0 Å². The molecule has 108 valence electrons. The smallest absolute Gasteiger partial charge is 0.238 e. The minimum Gasteiger partial charge on any atom is -0.394 e. The molecule has 2 N–H and O–H groups in total. The summed E-state index contributed by atoms with van der Waals surface area (Å²) in [6.45, 7) is 0.0978. The molecule has 6 nitrogen and oxygen atoms in total. The van der Waals surface area contributed by atoms with Crippen LogP contribution < -0.4 is 5.32 Å². The molecule has 0 radical (unpaired) electrons. The van der Waals surface area contributed by atoms with Crippen LogP contribution in [0.15, 0.2) is 0 Å². The monoisotopic (exact) mass is 276 g/mol. The largest absolute Gasteiger partial charge is 0.394 e. The standard InChI is InChI=1S/C14H20N4O2/c15-7-11-3-4-12(8-16)18(11)13(20)9-17-14(10-19)5-1-2-6-14/h11-12,17,19H,1-6,9-10H2. The zero-order valence-corrected chi connectivity index (χ0v) is 11.5. The molecule has 0 spiro atoms. The molecule has 2 unspecified atom stereocenters. The highest BCUT2D eigenvalue weighted by Gasteiger charge is 2.39. The molecular weight excluding hydrogens is 256 g/mol. The van der Waals surface area contributed by atoms with Gasteiger partial charge in [0.2, 0.25) is 5.91 Å². The highest BCUT2D eigenvalue weighted by molar-refractivity contribution is 5.80. The third kappa shape index (κ3) is 2.77. The van der Waals surface area contributed by atoms with Crippen LogP contribution in [0.1, 0.15) is 38.5 Å². The number of aliphatic hydroxyl groups excluding tert-OH is 1. The van der Waals surface area contributed by atoms with Crippen LogP contribution >= 0.6 is 0 Å². The summed E-state index contributed by atoms with van der Waals surface area (Å²) in [5.41, 5.74) is -0.361. The third-order valence-electron chi connectivity index (χ3n) is 4.45. The summed E-state index contributed by atoms with van der Waals surface area (Å²) < 4.78 is 0. The third-order valence-corrected chi connectivity index (χ3v) is 4.45. The normalized spacial score (nSPS) is 28.1. The van der Waals surface area contributed by atoms with Crippen molar-refractivity contribution in [3.63, 3.8) is 0 Å². The second-order valence-corrected chi connectivity index (χ2v) is 5.67. The lowest BCUT2D eigenvalue weighted by atomic mass is 9.99. The average molecular weight is 276 g/mol. The van der Waals surface area contributed by atoms with E-state index in [1.165, 1.54) is 4.90 Å². The van der Waals surface area contributed by atoms with Crippen molar-refractivity contribution >= 4 is 5.91 Å². The molecule has 6 heteroatoms. The molecule has 1 amide bonds. The number of carbonyl (C=O) groups is 1. The van der Waals surface area contributed by atoms with Gasteiger partial charge in [0.1, 0.15) is 12.1 Å². The Morgan fingerprint density at radius 3 is 2.25 bits per heavy atom. The molecule has 0 bridgehead atoms. The number of amides is 1. The van der Waals surface area contributed by atoms with Gasteiger partial charge < -0.3 is 15.3 Å². The molecule has 2 aliphatic rings. The molecule has 2 fully saturated rings. The van der Waals surface area contributed by atoms with Gasteiger partial charge in [-0.05, 0) is 25.7 Å². The number of nitrogens with zero attached hydrogens (tertiary/aromatic N) is 3. The number of hydrogen-bond acceptors (Lipinski definition) is 5. The molecule has 0 aromatic rings. The van der Waals surface area contributed by atoms with Crippen molar-refractivity contribution < 1.29 is 9.90 Å². The van der Waals surface area contributed by atoms with Gasteiger partial charge >= 0.3 is 0 Å². The maximum atomic E-state index is 12.3. The molecule has 1 saturated carbocycles. The summed E-state index contributed by atoms with van der Waals surface area (Å²) in [4.78, 5) is 13.7. The minimum absolute atomic E-state index is 0.0175. The van der Waals surface area contributed by atoms with Crippen LogP contribution in [0.25, 0.3) is 0 Å². The van der Waals surface area contributed by atoms with Crippen molar-refractivity contribution in [1.29, 1.82) is 10.5 Å². The number of nitrogens with one attached hydrogen (secondary N) is 1. The lowest BCUT2D eigenvalue weighted by Crippen LogP contribution is -2.52. The topological polar surface area (TPSA) is 100 Å². The zero-order valence-electron chi connectivity index (χ0n) is 11.5. The van der Waals surface area contributed by atoms with Crippen LogP contribution in [0.3, 0.4) is 0 Å². The van der Waals surface area contributed by atoms with Gasteiger partial charge in [0.25, 0.3) is 0 Å². The van der Waals surface area contributed by atoms with Gasteiger partial charge in [-0.25, -0.2) is 0 Å². The summed E-state index contributed by atoms with van der Waals surface area (Å²) in [5, 5.41) is 30.8. The first-order valence-corrected chi connectivity index (χ1v) is 7.12. The average Bonchev–Trinajstić information content (AvgIpc) is 3.11. The van der Waals surface area contributed by atoms with Crippen molar-refractivity contribution in [2.75, 3.05) is 13.2 Å². The van der Waals surface area contributed by atoms with Crippen molar-refractivity contribution in [3.8, 4) is 12.1 Å². The second kappa shape index (κ2) is 6.21. The SMILES string of the molecule is N#CC1CCC(C#N)N1C(=O)CNC1(CO)CCCC1. The molecule has 0 aromatic carbocycles. The quantitative estimate of drug-likeness (QED) is 0.768. The Morgan fingerprint density at radius 2 is 1.80 bits per heavy atom. The van der Waals surface area contributed by atoms with Crippen LogP contribution in [0.2, 0.25) is 0 Å². The van der Waals surface area contributed by atoms with Gasteiger partial charge in [-0.2, -0.15) is 10.5 Å². The lowest BCUT2D eigenvalue weighted by Gasteiger charge is -2.30. The first kappa shape index (κ1) is 14.8. The zero-order chi connectivity index (χ0) is 14.6. The number of carbonyl (C=O) groups excluding carboxylic acids is 1. The van der Waals surface area contributed by atoms with Crippen LogP contribution in [0.4, 0.5) is 0 Å². The van der Waals surface area contributed by atoms with Gasteiger partial charge in [0.15, 0.2) is 0 Å². The maximum Gasteiger partial charge on any atom is 0.238 e. The van der Waals surface area contributed by atoms with Gasteiger partial charge in [-0.1, -0.05) is 12.8 Å². The fraction of sp³-hybridized carbons (Fsp3) is 0.786. The summed E-state index contributed by atoms with van der Waals surface area (Å²) in [7, 11) is 0. The number of likely N-dealkylation sites (tertiary alicyclic amines) is 1. The number of rotatable bonds is 4. The molecule has 0 aromatic heterocycles. The van der Waals surface area contributed by atoms with E-state index >= 15 is 0 Å². The lowest BCUT2D eigenvalue weighted by molar-refractivity contribution is -0.131. The summed E-state index contributed by atoms with van der Waals surface area (Å²) in [5.74, 6) is -0.222. The van der Waals surface area contributed by atoms with E-state index in [4.69, 9.17) is 10.5 Å². The maximum absolute atomic E-state index is 12.3. The van der Waals surface area contributed by atoms with E-state index < -0.39 is 12.1 Å². The van der Waals surface area contributed by atoms with E-state index in [0.29, 0.717) is 12.8 Å². The molecule has 2 rings (SSSR count). The van der Waals surface area contributed by atoms with Crippen LogP contribution in [-0.4, -0.2) is 46.7 Å². The van der Waals surface area contributed by atoms with Gasteiger partial charge in [0, 0.05) is 5.54 Å². The van der Waals surface area contributed by atoms with Crippen molar-refractivity contribution in [3.05, 3.63) is 0 Å². The number of aliphatic hydroxyl groups is 1. The molecule has 20 heavy (non-hydrogen) atoms. The van der Waals surface area contributed by atoms with Crippen LogP contribution in [0.5, 0.6) is 0 Å². The molecule has 1 saturated heterocycles. The summed E-state index contributed by atoms with van der Waals surface area (Å²) in [6, 6.07) is 3.18. The molecule has 1 aliphatic carbocycles. The highest BCUT2D eigenvalue weighted by Crippen LogP contribution is 2.29. The first-order valence-electron chi connectivity index (χ1n) is 7.12. The minimum atomic E-state index is -0.498. The number of nitriles is 2. The van der Waals surface area contributed by atoms with E-state index in [1.54, 1.807) is 0 Å².